The van der Waals surface area contributed by atoms with Crippen molar-refractivity contribution in [2.75, 3.05) is 39.8 Å². The Hall–Kier alpha value is -0.120. The maximum Gasteiger partial charge on any atom is 0.0710 e. The summed E-state index contributed by atoms with van der Waals surface area (Å²) in [7, 11) is 1.84. The first-order chi connectivity index (χ1) is 8.52. The first-order valence-electron chi connectivity index (χ1n) is 7.52. The molecule has 0 bridgehead atoms. The van der Waals surface area contributed by atoms with E-state index in [4.69, 9.17) is 4.74 Å². The van der Waals surface area contributed by atoms with E-state index in [-0.39, 0.29) is 0 Å². The molecule has 0 saturated carbocycles. The molecule has 2 heterocycles. The van der Waals surface area contributed by atoms with Gasteiger partial charge in [0.2, 0.25) is 0 Å². The number of rotatable bonds is 4. The highest BCUT2D eigenvalue weighted by molar-refractivity contribution is 4.88. The van der Waals surface area contributed by atoms with Crippen LogP contribution < -0.4 is 0 Å². The van der Waals surface area contributed by atoms with Crippen LogP contribution in [0, 0.1) is 5.41 Å². The molecule has 2 rings (SSSR count). The molecular weight excluding hydrogens is 224 g/mol. The summed E-state index contributed by atoms with van der Waals surface area (Å²) in [5.74, 6) is 0. The molecular formula is C15H30N2O. The van der Waals surface area contributed by atoms with Crippen LogP contribution in [0.3, 0.4) is 0 Å². The summed E-state index contributed by atoms with van der Waals surface area (Å²) < 4.78 is 5.46. The summed E-state index contributed by atoms with van der Waals surface area (Å²) in [6, 6.07) is 0.708. The minimum absolute atomic E-state index is 0.476. The van der Waals surface area contributed by atoms with Gasteiger partial charge in [0.05, 0.1) is 6.10 Å². The number of likely N-dealkylation sites (tertiary alicyclic amines) is 2. The smallest absolute Gasteiger partial charge is 0.0710 e. The fraction of sp³-hybridized carbons (Fsp3) is 1.00. The summed E-state index contributed by atoms with van der Waals surface area (Å²) in [5.41, 5.74) is 0.522. The van der Waals surface area contributed by atoms with Crippen molar-refractivity contribution >= 4 is 0 Å². The summed E-state index contributed by atoms with van der Waals surface area (Å²) in [4.78, 5) is 5.23. The molecule has 1 atom stereocenters. The minimum Gasteiger partial charge on any atom is -0.380 e. The zero-order chi connectivity index (χ0) is 13.2. The molecule has 0 aromatic rings. The highest BCUT2D eigenvalue weighted by Gasteiger charge is 2.34. The van der Waals surface area contributed by atoms with E-state index < -0.39 is 0 Å². The standard InChI is InChI=1S/C15H30N2O/c1-13(2)17-9-6-15(3,7-10-17)12-16-8-5-14(11-16)18-4/h13-14H,5-12H2,1-4H3. The van der Waals surface area contributed by atoms with Crippen molar-refractivity contribution in [3.63, 3.8) is 0 Å². The van der Waals surface area contributed by atoms with E-state index in [9.17, 15) is 0 Å². The van der Waals surface area contributed by atoms with Crippen molar-refractivity contribution in [2.24, 2.45) is 5.41 Å². The van der Waals surface area contributed by atoms with Crippen LogP contribution in [-0.2, 0) is 4.74 Å². The Morgan fingerprint density at radius 2 is 1.89 bits per heavy atom. The number of hydrogen-bond donors (Lipinski definition) is 0. The predicted molar refractivity (Wildman–Crippen MR) is 75.9 cm³/mol. The van der Waals surface area contributed by atoms with Crippen LogP contribution in [0.2, 0.25) is 0 Å². The fourth-order valence-corrected chi connectivity index (χ4v) is 3.41. The fourth-order valence-electron chi connectivity index (χ4n) is 3.41. The van der Waals surface area contributed by atoms with Gasteiger partial charge in [-0.1, -0.05) is 6.92 Å². The van der Waals surface area contributed by atoms with E-state index >= 15 is 0 Å². The van der Waals surface area contributed by atoms with Crippen molar-refractivity contribution in [3.05, 3.63) is 0 Å². The minimum atomic E-state index is 0.476. The van der Waals surface area contributed by atoms with E-state index in [0.717, 1.165) is 6.54 Å². The Morgan fingerprint density at radius 3 is 2.39 bits per heavy atom. The van der Waals surface area contributed by atoms with Gasteiger partial charge < -0.3 is 14.5 Å². The Morgan fingerprint density at radius 1 is 1.22 bits per heavy atom. The Balaban J connectivity index is 1.79. The molecule has 0 spiro atoms. The maximum atomic E-state index is 5.46. The molecule has 2 aliphatic heterocycles. The van der Waals surface area contributed by atoms with Gasteiger partial charge in [0.1, 0.15) is 0 Å². The van der Waals surface area contributed by atoms with Crippen molar-refractivity contribution in [3.8, 4) is 0 Å². The van der Waals surface area contributed by atoms with Crippen LogP contribution in [0.15, 0.2) is 0 Å². The van der Waals surface area contributed by atoms with Crippen molar-refractivity contribution in [1.29, 1.82) is 0 Å². The second kappa shape index (κ2) is 5.89. The van der Waals surface area contributed by atoms with Crippen LogP contribution in [0.5, 0.6) is 0 Å². The van der Waals surface area contributed by atoms with E-state index in [0.29, 0.717) is 17.6 Å². The third-order valence-corrected chi connectivity index (χ3v) is 4.90. The third kappa shape index (κ3) is 3.46. The molecule has 2 saturated heterocycles. The zero-order valence-electron chi connectivity index (χ0n) is 12.6. The van der Waals surface area contributed by atoms with Crippen LogP contribution in [-0.4, -0.2) is 61.8 Å². The van der Waals surface area contributed by atoms with Gasteiger partial charge in [-0.05, 0) is 51.6 Å². The lowest BCUT2D eigenvalue weighted by Gasteiger charge is -2.43. The topological polar surface area (TPSA) is 15.7 Å². The first-order valence-corrected chi connectivity index (χ1v) is 7.52. The summed E-state index contributed by atoms with van der Waals surface area (Å²) in [6.45, 7) is 13.3. The third-order valence-electron chi connectivity index (χ3n) is 4.90. The average molecular weight is 254 g/mol. The molecule has 0 aromatic heterocycles. The number of piperidine rings is 1. The quantitative estimate of drug-likeness (QED) is 0.765. The summed E-state index contributed by atoms with van der Waals surface area (Å²) in [5, 5.41) is 0. The summed E-state index contributed by atoms with van der Waals surface area (Å²) in [6.07, 6.45) is 4.38. The number of nitrogens with zero attached hydrogens (tertiary/aromatic N) is 2. The molecule has 0 N–H and O–H groups in total. The first kappa shape index (κ1) is 14.3. The lowest BCUT2D eigenvalue weighted by molar-refractivity contribution is 0.0583. The van der Waals surface area contributed by atoms with E-state index in [1.807, 2.05) is 7.11 Å². The van der Waals surface area contributed by atoms with Gasteiger partial charge in [0.25, 0.3) is 0 Å². The molecule has 1 unspecified atom stereocenters. The normalized spacial score (nSPS) is 30.2. The van der Waals surface area contributed by atoms with Gasteiger partial charge in [-0.25, -0.2) is 0 Å². The van der Waals surface area contributed by atoms with Crippen molar-refractivity contribution in [2.45, 2.75) is 52.2 Å². The van der Waals surface area contributed by atoms with Gasteiger partial charge in [-0.15, -0.1) is 0 Å². The van der Waals surface area contributed by atoms with Crippen LogP contribution in [0.25, 0.3) is 0 Å². The van der Waals surface area contributed by atoms with E-state index in [1.165, 1.54) is 45.4 Å². The Labute approximate surface area is 112 Å². The second-order valence-electron chi connectivity index (χ2n) is 6.82. The molecule has 18 heavy (non-hydrogen) atoms. The zero-order valence-corrected chi connectivity index (χ0v) is 12.6. The SMILES string of the molecule is COC1CCN(CC2(C)CCN(C(C)C)CC2)C1. The predicted octanol–water partition coefficient (Wildman–Crippen LogP) is 2.22. The monoisotopic (exact) mass is 254 g/mol. The molecule has 2 fully saturated rings. The molecule has 0 radical (unpaired) electrons. The van der Waals surface area contributed by atoms with Crippen molar-refractivity contribution in [1.82, 2.24) is 9.80 Å². The molecule has 0 amide bonds. The average Bonchev–Trinajstić information content (AvgIpc) is 2.76. The molecule has 3 heteroatoms. The Kier molecular flexibility index (Phi) is 4.68. The number of methoxy groups -OCH3 is 1. The van der Waals surface area contributed by atoms with Crippen LogP contribution in [0.1, 0.15) is 40.0 Å². The molecule has 0 aliphatic carbocycles. The number of hydrogen-bond acceptors (Lipinski definition) is 3. The van der Waals surface area contributed by atoms with Crippen LogP contribution in [0.4, 0.5) is 0 Å². The lowest BCUT2D eigenvalue weighted by atomic mass is 9.79. The largest absolute Gasteiger partial charge is 0.380 e. The number of ether oxygens (including phenoxy) is 1. The van der Waals surface area contributed by atoms with Crippen molar-refractivity contribution < 1.29 is 4.74 Å². The highest BCUT2D eigenvalue weighted by Crippen LogP contribution is 2.33. The van der Waals surface area contributed by atoms with E-state index in [2.05, 4.69) is 30.6 Å². The summed E-state index contributed by atoms with van der Waals surface area (Å²) >= 11 is 0. The molecule has 3 nitrogen and oxygen atoms in total. The van der Waals surface area contributed by atoms with Gasteiger partial charge in [-0.2, -0.15) is 0 Å². The Bertz CT molecular complexity index is 259. The molecule has 2 aliphatic rings. The highest BCUT2D eigenvalue weighted by atomic mass is 16.5. The van der Waals surface area contributed by atoms with Gasteiger partial charge in [0, 0.05) is 32.8 Å². The van der Waals surface area contributed by atoms with Crippen LogP contribution >= 0.6 is 0 Å². The maximum absolute atomic E-state index is 5.46. The lowest BCUT2D eigenvalue weighted by Crippen LogP contribution is -2.46. The van der Waals surface area contributed by atoms with Gasteiger partial charge >= 0.3 is 0 Å². The van der Waals surface area contributed by atoms with Gasteiger partial charge in [0.15, 0.2) is 0 Å². The molecule has 106 valence electrons. The molecule has 0 aromatic carbocycles. The second-order valence-corrected chi connectivity index (χ2v) is 6.82. The van der Waals surface area contributed by atoms with E-state index in [1.54, 1.807) is 0 Å². The van der Waals surface area contributed by atoms with Gasteiger partial charge in [-0.3, -0.25) is 0 Å².